The molecule has 72 valence electrons. The van der Waals surface area contributed by atoms with Gasteiger partial charge in [0, 0.05) is 7.05 Å². The maximum atomic E-state index is 4.19. The van der Waals surface area contributed by atoms with Gasteiger partial charge in [-0.1, -0.05) is 36.9 Å². The smallest absolute Gasteiger partial charge is 0.105 e. The maximum absolute atomic E-state index is 4.19. The monoisotopic (exact) mass is 203 g/mol. The van der Waals surface area contributed by atoms with Crippen LogP contribution in [0.5, 0.6) is 0 Å². The Labute approximate surface area is 89.3 Å². The van der Waals surface area contributed by atoms with Crippen LogP contribution in [0.1, 0.15) is 5.56 Å². The van der Waals surface area contributed by atoms with Crippen LogP contribution in [0.25, 0.3) is 5.57 Å². The van der Waals surface area contributed by atoms with E-state index < -0.39 is 0 Å². The number of nitrogens with zero attached hydrogens (tertiary/aromatic N) is 1. The van der Waals surface area contributed by atoms with Gasteiger partial charge < -0.3 is 0 Å². The van der Waals surface area contributed by atoms with Crippen molar-refractivity contribution in [2.24, 2.45) is 4.99 Å². The number of hydrogen-bond acceptors (Lipinski definition) is 2. The lowest BCUT2D eigenvalue weighted by molar-refractivity contribution is 1.47. The molecule has 0 atom stereocenters. The van der Waals surface area contributed by atoms with Crippen molar-refractivity contribution in [3.63, 3.8) is 0 Å². The summed E-state index contributed by atoms with van der Waals surface area (Å²) in [6.45, 7) is 3.70. The molecule has 1 nitrogen and oxygen atoms in total. The summed E-state index contributed by atoms with van der Waals surface area (Å²) < 4.78 is 0. The molecule has 0 N–H and O–H groups in total. The van der Waals surface area contributed by atoms with Crippen LogP contribution >= 0.6 is 11.8 Å². The Balaban J connectivity index is 3.13. The van der Waals surface area contributed by atoms with Crippen LogP contribution in [0.4, 0.5) is 0 Å². The summed E-state index contributed by atoms with van der Waals surface area (Å²) in [6, 6.07) is 10.1. The summed E-state index contributed by atoms with van der Waals surface area (Å²) in [5.41, 5.74) is 5.02. The second-order valence-corrected chi connectivity index (χ2v) is 3.45. The number of hydrogen-bond donors (Lipinski definition) is 0. The molecule has 0 fully saturated rings. The molecule has 0 aliphatic rings. The highest BCUT2D eigenvalue weighted by Crippen LogP contribution is 2.19. The Morgan fingerprint density at radius 3 is 2.43 bits per heavy atom. The minimum absolute atomic E-state index is 0.964. The fourth-order valence-corrected chi connectivity index (χ4v) is 1.79. The Morgan fingerprint density at radius 2 is 2.00 bits per heavy atom. The third kappa shape index (κ3) is 2.38. The summed E-state index contributed by atoms with van der Waals surface area (Å²) in [7, 11) is 1.78. The van der Waals surface area contributed by atoms with Crippen molar-refractivity contribution in [1.82, 2.24) is 0 Å². The highest BCUT2D eigenvalue weighted by molar-refractivity contribution is 8.14. The lowest BCUT2D eigenvalue weighted by atomic mass is 10.1. The Bertz CT molecular complexity index is 373. The molecular formula is C12H13NS. The SMILES string of the molecule is C=C=C(C(=NC)SC)c1ccccc1. The molecule has 0 radical (unpaired) electrons. The molecule has 1 aromatic rings. The van der Waals surface area contributed by atoms with E-state index in [2.05, 4.69) is 17.3 Å². The first-order valence-corrected chi connectivity index (χ1v) is 5.52. The lowest BCUT2D eigenvalue weighted by Crippen LogP contribution is -1.95. The van der Waals surface area contributed by atoms with E-state index in [4.69, 9.17) is 0 Å². The quantitative estimate of drug-likeness (QED) is 0.408. The van der Waals surface area contributed by atoms with Crippen molar-refractivity contribution in [3.05, 3.63) is 48.2 Å². The average molecular weight is 203 g/mol. The molecule has 2 heteroatoms. The van der Waals surface area contributed by atoms with Crippen molar-refractivity contribution >= 4 is 22.4 Å². The van der Waals surface area contributed by atoms with Gasteiger partial charge in [-0.3, -0.25) is 4.99 Å². The van der Waals surface area contributed by atoms with Crippen LogP contribution in [-0.4, -0.2) is 18.3 Å². The van der Waals surface area contributed by atoms with Gasteiger partial charge in [0.15, 0.2) is 0 Å². The van der Waals surface area contributed by atoms with Crippen LogP contribution in [0, 0.1) is 0 Å². The first-order chi connectivity index (χ1) is 6.83. The van der Waals surface area contributed by atoms with Crippen molar-refractivity contribution < 1.29 is 0 Å². The van der Waals surface area contributed by atoms with Gasteiger partial charge in [-0.25, -0.2) is 0 Å². The Hall–Kier alpha value is -1.24. The van der Waals surface area contributed by atoms with E-state index in [-0.39, 0.29) is 0 Å². The molecule has 1 aromatic carbocycles. The van der Waals surface area contributed by atoms with Crippen molar-refractivity contribution in [1.29, 1.82) is 0 Å². The van der Waals surface area contributed by atoms with Crippen LogP contribution < -0.4 is 0 Å². The van der Waals surface area contributed by atoms with E-state index in [0.29, 0.717) is 0 Å². The summed E-state index contributed by atoms with van der Waals surface area (Å²) in [4.78, 5) is 4.19. The molecule has 0 saturated carbocycles. The Morgan fingerprint density at radius 1 is 1.36 bits per heavy atom. The van der Waals surface area contributed by atoms with Gasteiger partial charge in [0.25, 0.3) is 0 Å². The van der Waals surface area contributed by atoms with Gasteiger partial charge in [0.2, 0.25) is 0 Å². The molecular weight excluding hydrogens is 190 g/mol. The van der Waals surface area contributed by atoms with Crippen LogP contribution in [0.2, 0.25) is 0 Å². The standard InChI is InChI=1S/C12H13NS/c1-4-11(12(13-2)14-3)10-8-6-5-7-9-10/h5-9H,1H2,2-3H3. The second kappa shape index (κ2) is 5.48. The zero-order chi connectivity index (χ0) is 10.4. The summed E-state index contributed by atoms with van der Waals surface area (Å²) in [5.74, 6) is 0. The molecule has 0 saturated heterocycles. The summed E-state index contributed by atoms with van der Waals surface area (Å²) >= 11 is 1.61. The van der Waals surface area contributed by atoms with E-state index in [1.165, 1.54) is 0 Å². The molecule has 0 bridgehead atoms. The summed E-state index contributed by atoms with van der Waals surface area (Å²) in [6.07, 6.45) is 2.00. The zero-order valence-electron chi connectivity index (χ0n) is 8.45. The maximum Gasteiger partial charge on any atom is 0.105 e. The van der Waals surface area contributed by atoms with E-state index in [1.807, 2.05) is 36.6 Å². The minimum Gasteiger partial charge on any atom is -0.280 e. The van der Waals surface area contributed by atoms with Gasteiger partial charge in [0.1, 0.15) is 5.04 Å². The normalized spacial score (nSPS) is 10.9. The first kappa shape index (κ1) is 10.8. The fourth-order valence-electron chi connectivity index (χ4n) is 1.21. The minimum atomic E-state index is 0.964. The molecule has 0 aliphatic heterocycles. The van der Waals surface area contributed by atoms with Gasteiger partial charge in [-0.2, -0.15) is 0 Å². The van der Waals surface area contributed by atoms with Crippen molar-refractivity contribution in [2.45, 2.75) is 0 Å². The van der Waals surface area contributed by atoms with E-state index in [0.717, 1.165) is 16.2 Å². The van der Waals surface area contributed by atoms with Crippen LogP contribution in [-0.2, 0) is 0 Å². The van der Waals surface area contributed by atoms with Crippen LogP contribution in [0.15, 0.2) is 47.6 Å². The molecule has 0 heterocycles. The van der Waals surface area contributed by atoms with Crippen LogP contribution in [0.3, 0.4) is 0 Å². The van der Waals surface area contributed by atoms with Crippen molar-refractivity contribution in [2.75, 3.05) is 13.3 Å². The molecule has 0 amide bonds. The Kier molecular flexibility index (Phi) is 4.24. The lowest BCUT2D eigenvalue weighted by Gasteiger charge is -2.05. The first-order valence-electron chi connectivity index (χ1n) is 4.30. The molecule has 0 spiro atoms. The highest BCUT2D eigenvalue weighted by Gasteiger charge is 2.05. The van der Waals surface area contributed by atoms with E-state index in [9.17, 15) is 0 Å². The zero-order valence-corrected chi connectivity index (χ0v) is 9.27. The molecule has 0 aromatic heterocycles. The predicted molar refractivity (Wildman–Crippen MR) is 65.9 cm³/mol. The van der Waals surface area contributed by atoms with Gasteiger partial charge in [-0.15, -0.1) is 17.5 Å². The van der Waals surface area contributed by atoms with Crippen molar-refractivity contribution in [3.8, 4) is 0 Å². The highest BCUT2D eigenvalue weighted by atomic mass is 32.2. The topological polar surface area (TPSA) is 12.4 Å². The number of thioether (sulfide) groups is 1. The number of benzene rings is 1. The molecule has 14 heavy (non-hydrogen) atoms. The van der Waals surface area contributed by atoms with E-state index in [1.54, 1.807) is 18.8 Å². The van der Waals surface area contributed by atoms with Gasteiger partial charge in [-0.05, 0) is 11.8 Å². The molecule has 1 rings (SSSR count). The third-order valence-electron chi connectivity index (χ3n) is 1.85. The average Bonchev–Trinajstić information content (AvgIpc) is 2.27. The number of rotatable bonds is 2. The summed E-state index contributed by atoms with van der Waals surface area (Å²) in [5, 5.41) is 0.964. The van der Waals surface area contributed by atoms with Gasteiger partial charge in [0.05, 0.1) is 5.57 Å². The number of aliphatic imine (C=N–C) groups is 1. The third-order valence-corrected chi connectivity index (χ3v) is 2.62. The van der Waals surface area contributed by atoms with Gasteiger partial charge >= 0.3 is 0 Å². The largest absolute Gasteiger partial charge is 0.280 e. The fraction of sp³-hybridized carbons (Fsp3) is 0.167. The molecule has 0 aliphatic carbocycles. The van der Waals surface area contributed by atoms with E-state index >= 15 is 0 Å². The second-order valence-electron chi connectivity index (χ2n) is 2.65. The predicted octanol–water partition coefficient (Wildman–Crippen LogP) is 3.25. The molecule has 0 unspecified atom stereocenters.